The van der Waals surface area contributed by atoms with Gasteiger partial charge in [0, 0.05) is 30.1 Å². The molecule has 6 heteroatoms. The van der Waals surface area contributed by atoms with Gasteiger partial charge in [-0.2, -0.15) is 13.2 Å². The molecule has 0 N–H and O–H groups in total. The Morgan fingerprint density at radius 2 is 1.86 bits per heavy atom. The number of hydrogen-bond acceptors (Lipinski definition) is 3. The summed E-state index contributed by atoms with van der Waals surface area (Å²) in [4.78, 5) is 8.77. The van der Waals surface area contributed by atoms with Crippen LogP contribution >= 0.6 is 0 Å². The molecule has 0 fully saturated rings. The minimum Gasteiger partial charge on any atom is -0.457 e. The lowest BCUT2D eigenvalue weighted by Crippen LogP contribution is -2.11. The highest BCUT2D eigenvalue weighted by molar-refractivity contribution is 6.15. The number of rotatable bonds is 3. The number of furan rings is 1. The van der Waals surface area contributed by atoms with E-state index in [-0.39, 0.29) is 0 Å². The molecule has 0 saturated carbocycles. The maximum Gasteiger partial charge on any atom is 0.416 e. The van der Waals surface area contributed by atoms with E-state index >= 15 is 0 Å². The molecule has 3 nitrogen and oxygen atoms in total. The molecule has 0 unspecified atom stereocenters. The van der Waals surface area contributed by atoms with Gasteiger partial charge < -0.3 is 4.42 Å². The molecule has 0 radical (unpaired) electrons. The van der Waals surface area contributed by atoms with Crippen LogP contribution in [0.2, 0.25) is 0 Å². The monoisotopic (exact) mass is 382 g/mol. The van der Waals surface area contributed by atoms with Gasteiger partial charge >= 0.3 is 6.18 Å². The van der Waals surface area contributed by atoms with Crippen molar-refractivity contribution in [3.05, 3.63) is 83.4 Å². The van der Waals surface area contributed by atoms with Crippen molar-refractivity contribution in [2.24, 2.45) is 4.99 Å². The molecule has 2 aromatic heterocycles. The van der Waals surface area contributed by atoms with Gasteiger partial charge in [-0.3, -0.25) is 9.98 Å². The van der Waals surface area contributed by atoms with E-state index in [4.69, 9.17) is 4.42 Å². The van der Waals surface area contributed by atoms with Gasteiger partial charge in [-0.15, -0.1) is 0 Å². The summed E-state index contributed by atoms with van der Waals surface area (Å²) in [5, 5.41) is 0. The molecule has 0 amide bonds. The molecular formula is C22H17F3N2O. The lowest BCUT2D eigenvalue weighted by atomic mass is 9.96. The number of nitrogens with zero attached hydrogens (tertiary/aromatic N) is 2. The molecule has 3 aromatic rings. The summed E-state index contributed by atoms with van der Waals surface area (Å²) in [6.07, 6.45) is 2.80. The Labute approximate surface area is 160 Å². The van der Waals surface area contributed by atoms with Crippen LogP contribution in [-0.2, 0) is 6.18 Å². The quantitative estimate of drug-likeness (QED) is 0.555. The number of allylic oxidation sites excluding steroid dienone is 1. The number of pyridine rings is 1. The van der Waals surface area contributed by atoms with Gasteiger partial charge in [-0.25, -0.2) is 0 Å². The number of hydrogen-bond donors (Lipinski definition) is 0. The van der Waals surface area contributed by atoms with Crippen molar-refractivity contribution >= 4 is 11.8 Å². The van der Waals surface area contributed by atoms with Crippen molar-refractivity contribution in [2.75, 3.05) is 6.54 Å². The minimum atomic E-state index is -4.38. The maximum atomic E-state index is 12.9. The zero-order chi connectivity index (χ0) is 19.6. The third kappa shape index (κ3) is 3.91. The highest BCUT2D eigenvalue weighted by atomic mass is 19.4. The van der Waals surface area contributed by atoms with Crippen molar-refractivity contribution in [1.82, 2.24) is 4.98 Å². The first-order valence-electron chi connectivity index (χ1n) is 8.94. The molecule has 0 bridgehead atoms. The summed E-state index contributed by atoms with van der Waals surface area (Å²) < 4.78 is 44.6. The highest BCUT2D eigenvalue weighted by Crippen LogP contribution is 2.33. The molecular weight excluding hydrogens is 365 g/mol. The van der Waals surface area contributed by atoms with E-state index in [9.17, 15) is 13.2 Å². The van der Waals surface area contributed by atoms with Crippen LogP contribution in [0, 0.1) is 0 Å². The van der Waals surface area contributed by atoms with E-state index in [1.165, 1.54) is 6.07 Å². The van der Waals surface area contributed by atoms with Crippen LogP contribution in [0.1, 0.15) is 29.7 Å². The van der Waals surface area contributed by atoms with E-state index < -0.39 is 11.7 Å². The molecule has 0 saturated heterocycles. The fourth-order valence-corrected chi connectivity index (χ4v) is 3.21. The Kier molecular flexibility index (Phi) is 4.86. The van der Waals surface area contributed by atoms with Gasteiger partial charge in [-0.05, 0) is 60.9 Å². The van der Waals surface area contributed by atoms with Crippen LogP contribution in [0.15, 0.2) is 75.9 Å². The van der Waals surface area contributed by atoms with Crippen molar-refractivity contribution in [3.63, 3.8) is 0 Å². The molecule has 0 aliphatic carbocycles. The number of aliphatic imine (C=N–C) groups is 1. The van der Waals surface area contributed by atoms with Crippen LogP contribution in [0.5, 0.6) is 0 Å². The standard InChI is InChI=1S/C22H17F3N2O/c23-22(24,25)18-7-1-4-15(12-18)20-9-8-19(28-20)13-16-5-3-11-27-21(16)17-6-2-10-26-14-17/h1-2,4,6-10,12-14H,3,5,11H2. The number of alkyl halides is 3. The Balaban J connectivity index is 1.64. The SMILES string of the molecule is FC(F)(F)c1cccc(-c2ccc(C=C3CCCN=C3c3cccnc3)o2)c1. The topological polar surface area (TPSA) is 38.4 Å². The normalized spacial score (nSPS) is 16.2. The van der Waals surface area contributed by atoms with Gasteiger partial charge in [-0.1, -0.05) is 12.1 Å². The lowest BCUT2D eigenvalue weighted by molar-refractivity contribution is -0.137. The average molecular weight is 382 g/mol. The predicted molar refractivity (Wildman–Crippen MR) is 102 cm³/mol. The van der Waals surface area contributed by atoms with Crippen LogP contribution in [-0.4, -0.2) is 17.2 Å². The molecule has 0 spiro atoms. The Morgan fingerprint density at radius 1 is 1.00 bits per heavy atom. The summed E-state index contributed by atoms with van der Waals surface area (Å²) in [5.74, 6) is 0.981. The average Bonchev–Trinajstić information content (AvgIpc) is 3.17. The van der Waals surface area contributed by atoms with Crippen LogP contribution in [0.4, 0.5) is 13.2 Å². The molecule has 1 aliphatic heterocycles. The van der Waals surface area contributed by atoms with E-state index in [1.807, 2.05) is 18.2 Å². The lowest BCUT2D eigenvalue weighted by Gasteiger charge is -2.15. The minimum absolute atomic E-state index is 0.393. The zero-order valence-electron chi connectivity index (χ0n) is 14.9. The largest absolute Gasteiger partial charge is 0.457 e. The smallest absolute Gasteiger partial charge is 0.416 e. The second kappa shape index (κ2) is 7.46. The number of aromatic nitrogens is 1. The summed E-state index contributed by atoms with van der Waals surface area (Å²) >= 11 is 0. The number of benzene rings is 1. The molecule has 28 heavy (non-hydrogen) atoms. The van der Waals surface area contributed by atoms with Gasteiger partial charge in [0.1, 0.15) is 11.5 Å². The first-order valence-corrected chi connectivity index (χ1v) is 8.94. The van der Waals surface area contributed by atoms with E-state index in [1.54, 1.807) is 30.6 Å². The third-order valence-corrected chi connectivity index (χ3v) is 4.53. The fourth-order valence-electron chi connectivity index (χ4n) is 3.21. The van der Waals surface area contributed by atoms with Gasteiger partial charge in [0.15, 0.2) is 0 Å². The molecule has 0 atom stereocenters. The van der Waals surface area contributed by atoms with Crippen molar-refractivity contribution in [3.8, 4) is 11.3 Å². The van der Waals surface area contributed by atoms with Crippen LogP contribution < -0.4 is 0 Å². The van der Waals surface area contributed by atoms with Crippen molar-refractivity contribution < 1.29 is 17.6 Å². The van der Waals surface area contributed by atoms with Gasteiger partial charge in [0.25, 0.3) is 0 Å². The first-order chi connectivity index (χ1) is 13.5. The maximum absolute atomic E-state index is 12.9. The summed E-state index contributed by atoms with van der Waals surface area (Å²) in [5.41, 5.74) is 2.56. The second-order valence-electron chi connectivity index (χ2n) is 6.53. The molecule has 1 aliphatic rings. The molecule has 1 aromatic carbocycles. The highest BCUT2D eigenvalue weighted by Gasteiger charge is 2.30. The molecule has 3 heterocycles. The van der Waals surface area contributed by atoms with Gasteiger partial charge in [0.05, 0.1) is 11.3 Å². The summed E-state index contributed by atoms with van der Waals surface area (Å²) in [6, 6.07) is 12.4. The van der Waals surface area contributed by atoms with Crippen molar-refractivity contribution in [1.29, 1.82) is 0 Å². The second-order valence-corrected chi connectivity index (χ2v) is 6.53. The predicted octanol–water partition coefficient (Wildman–Crippen LogP) is 6.03. The van der Waals surface area contributed by atoms with E-state index in [0.717, 1.165) is 48.4 Å². The molecule has 142 valence electrons. The first kappa shape index (κ1) is 18.2. The van der Waals surface area contributed by atoms with E-state index in [0.29, 0.717) is 17.1 Å². The Morgan fingerprint density at radius 3 is 2.64 bits per heavy atom. The van der Waals surface area contributed by atoms with Gasteiger partial charge in [0.2, 0.25) is 0 Å². The number of halogens is 3. The Bertz CT molecular complexity index is 1030. The van der Waals surface area contributed by atoms with Crippen LogP contribution in [0.25, 0.3) is 17.4 Å². The Hall–Kier alpha value is -3.15. The molecule has 4 rings (SSSR count). The zero-order valence-corrected chi connectivity index (χ0v) is 14.9. The van der Waals surface area contributed by atoms with Crippen LogP contribution in [0.3, 0.4) is 0 Å². The van der Waals surface area contributed by atoms with Crippen molar-refractivity contribution in [2.45, 2.75) is 19.0 Å². The summed E-state index contributed by atoms with van der Waals surface area (Å²) in [6.45, 7) is 0.759. The van der Waals surface area contributed by atoms with E-state index in [2.05, 4.69) is 9.98 Å². The fraction of sp³-hybridized carbons (Fsp3) is 0.182. The third-order valence-electron chi connectivity index (χ3n) is 4.53. The summed E-state index contributed by atoms with van der Waals surface area (Å²) in [7, 11) is 0.